The first kappa shape index (κ1) is 18.2. The van der Waals surface area contributed by atoms with Gasteiger partial charge in [0, 0.05) is 18.5 Å². The van der Waals surface area contributed by atoms with Crippen molar-refractivity contribution in [2.24, 2.45) is 0 Å². The number of alkyl halides is 4. The van der Waals surface area contributed by atoms with E-state index in [9.17, 15) is 22.0 Å². The molecule has 0 spiro atoms. The molecule has 0 saturated carbocycles. The average molecular weight is 393 g/mol. The average Bonchev–Trinajstić information content (AvgIpc) is 2.98. The Morgan fingerprint density at radius 1 is 1.36 bits per heavy atom. The molecule has 1 fully saturated rings. The number of fused-ring (bicyclic) bond motifs is 1. The molecule has 1 aliphatic heterocycles. The number of hydrogen-bond acceptors (Lipinski definition) is 5. The molecule has 3 nitrogen and oxygen atoms in total. The van der Waals surface area contributed by atoms with Crippen LogP contribution in [0.5, 0.6) is 0 Å². The van der Waals surface area contributed by atoms with Crippen molar-refractivity contribution in [2.75, 3.05) is 25.5 Å². The molecular formula is C15H12F5N3S2. The maximum absolute atomic E-state index is 14.0. The van der Waals surface area contributed by atoms with E-state index in [-0.39, 0.29) is 27.4 Å². The van der Waals surface area contributed by atoms with Crippen LogP contribution in [0.1, 0.15) is 4.88 Å². The molecule has 1 N–H and O–H groups in total. The summed E-state index contributed by atoms with van der Waals surface area (Å²) in [6.07, 6.45) is -1.18. The molecule has 134 valence electrons. The molecule has 2 aromatic rings. The van der Waals surface area contributed by atoms with Crippen molar-refractivity contribution in [2.45, 2.75) is 22.6 Å². The molecule has 1 aliphatic rings. The molecule has 3 rings (SSSR count). The van der Waals surface area contributed by atoms with Crippen molar-refractivity contribution >= 4 is 38.9 Å². The number of thiophene rings is 1. The van der Waals surface area contributed by atoms with Gasteiger partial charge in [0.2, 0.25) is 0 Å². The quantitative estimate of drug-likeness (QED) is 0.612. The van der Waals surface area contributed by atoms with Crippen molar-refractivity contribution < 1.29 is 22.0 Å². The van der Waals surface area contributed by atoms with E-state index in [1.807, 2.05) is 0 Å². The van der Waals surface area contributed by atoms with Crippen molar-refractivity contribution in [1.82, 2.24) is 4.90 Å². The van der Waals surface area contributed by atoms with Crippen LogP contribution < -0.4 is 5.32 Å². The highest BCUT2D eigenvalue weighted by Crippen LogP contribution is 2.47. The topological polar surface area (TPSA) is 39.1 Å². The van der Waals surface area contributed by atoms with Gasteiger partial charge in [0.25, 0.3) is 0 Å². The summed E-state index contributed by atoms with van der Waals surface area (Å²) in [5.41, 5.74) is -4.40. The zero-order chi connectivity index (χ0) is 18.4. The second kappa shape index (κ2) is 6.63. The second-order valence-corrected chi connectivity index (χ2v) is 7.83. The van der Waals surface area contributed by atoms with E-state index < -0.39 is 35.3 Å². The Morgan fingerprint density at radius 2 is 2.08 bits per heavy atom. The standard InChI is InChI=1S/C15H12F5N3S2/c1-23-5-9(17)11(6-23)22-10-3-7(16)2-8-13(10)24-12(4-21)14(8)25-15(18,19)20/h2-3,9,11,22H,5-6H2,1H3/t9-,11+/m0/s1. The molecule has 1 saturated heterocycles. The van der Waals surface area contributed by atoms with Gasteiger partial charge in [-0.2, -0.15) is 18.4 Å². The molecule has 2 heterocycles. The number of rotatable bonds is 3. The Hall–Kier alpha value is -1.57. The van der Waals surface area contributed by atoms with Crippen LogP contribution in [0.25, 0.3) is 10.1 Å². The monoisotopic (exact) mass is 393 g/mol. The number of benzene rings is 1. The summed E-state index contributed by atoms with van der Waals surface area (Å²) in [6, 6.07) is 3.22. The maximum Gasteiger partial charge on any atom is 0.446 e. The Kier molecular flexibility index (Phi) is 4.83. The molecule has 0 amide bonds. The van der Waals surface area contributed by atoms with Crippen LogP contribution in [-0.2, 0) is 0 Å². The van der Waals surface area contributed by atoms with Crippen LogP contribution in [0, 0.1) is 17.1 Å². The summed E-state index contributed by atoms with van der Waals surface area (Å²) in [4.78, 5) is 1.29. The smallest absolute Gasteiger partial charge is 0.377 e. The molecule has 0 aliphatic carbocycles. The fraction of sp³-hybridized carbons (Fsp3) is 0.400. The molecule has 0 radical (unpaired) electrons. The number of thioether (sulfide) groups is 1. The first-order chi connectivity index (χ1) is 11.7. The van der Waals surface area contributed by atoms with Gasteiger partial charge >= 0.3 is 5.51 Å². The van der Waals surface area contributed by atoms with Crippen molar-refractivity contribution in [3.63, 3.8) is 0 Å². The van der Waals surface area contributed by atoms with E-state index in [0.717, 1.165) is 23.5 Å². The first-order valence-electron chi connectivity index (χ1n) is 7.19. The summed E-state index contributed by atoms with van der Waals surface area (Å²) in [6.45, 7) is 0.610. The van der Waals surface area contributed by atoms with Crippen LogP contribution in [0.15, 0.2) is 17.0 Å². The lowest BCUT2D eigenvalue weighted by molar-refractivity contribution is -0.0327. The zero-order valence-electron chi connectivity index (χ0n) is 12.8. The summed E-state index contributed by atoms with van der Waals surface area (Å²) >= 11 is 0.398. The SMILES string of the molecule is CN1C[C@H](F)[C@H](Nc2cc(F)cc3c(SC(F)(F)F)c(C#N)sc23)C1. The fourth-order valence-electron chi connectivity index (χ4n) is 2.83. The van der Waals surface area contributed by atoms with E-state index in [4.69, 9.17) is 5.26 Å². The van der Waals surface area contributed by atoms with Crippen molar-refractivity contribution in [3.05, 3.63) is 22.8 Å². The van der Waals surface area contributed by atoms with E-state index in [1.165, 1.54) is 0 Å². The van der Waals surface area contributed by atoms with E-state index in [0.29, 0.717) is 11.2 Å². The van der Waals surface area contributed by atoms with E-state index in [2.05, 4.69) is 5.32 Å². The summed E-state index contributed by atoms with van der Waals surface area (Å²) < 4.78 is 66.6. The van der Waals surface area contributed by atoms with Crippen molar-refractivity contribution in [3.8, 4) is 6.07 Å². The third-order valence-electron chi connectivity index (χ3n) is 3.80. The highest BCUT2D eigenvalue weighted by molar-refractivity contribution is 8.00. The van der Waals surface area contributed by atoms with Gasteiger partial charge in [0.15, 0.2) is 0 Å². The van der Waals surface area contributed by atoms with Gasteiger partial charge in [0.05, 0.1) is 21.3 Å². The van der Waals surface area contributed by atoms with Gasteiger partial charge < -0.3 is 10.2 Å². The molecule has 0 unspecified atom stereocenters. The number of nitrogens with one attached hydrogen (secondary N) is 1. The molecule has 1 aromatic carbocycles. The number of nitriles is 1. The molecule has 10 heteroatoms. The molecule has 2 atom stereocenters. The van der Waals surface area contributed by atoms with Crippen molar-refractivity contribution in [1.29, 1.82) is 5.26 Å². The zero-order valence-corrected chi connectivity index (χ0v) is 14.5. The van der Waals surface area contributed by atoms with Gasteiger partial charge in [-0.3, -0.25) is 0 Å². The lowest BCUT2D eigenvalue weighted by Gasteiger charge is -2.17. The first-order valence-corrected chi connectivity index (χ1v) is 8.82. The largest absolute Gasteiger partial charge is 0.446 e. The predicted molar refractivity (Wildman–Crippen MR) is 88.2 cm³/mol. The fourth-order valence-corrected chi connectivity index (χ4v) is 4.73. The third-order valence-corrected chi connectivity index (χ3v) is 5.93. The Morgan fingerprint density at radius 3 is 2.64 bits per heavy atom. The van der Waals surface area contributed by atoms with Gasteiger partial charge in [-0.25, -0.2) is 8.78 Å². The maximum atomic E-state index is 14.0. The number of anilines is 1. The summed E-state index contributed by atoms with van der Waals surface area (Å²) in [5, 5.41) is 12.0. The summed E-state index contributed by atoms with van der Waals surface area (Å²) in [5.74, 6) is -0.747. The van der Waals surface area contributed by atoms with Crippen LogP contribution in [0.3, 0.4) is 0 Å². The van der Waals surface area contributed by atoms with Gasteiger partial charge in [-0.1, -0.05) is 0 Å². The lowest BCUT2D eigenvalue weighted by Crippen LogP contribution is -2.29. The Bertz CT molecular complexity index is 842. The van der Waals surface area contributed by atoms with Gasteiger partial charge in [-0.05, 0) is 30.9 Å². The predicted octanol–water partition coefficient (Wildman–Crippen LogP) is 4.59. The minimum atomic E-state index is -4.60. The van der Waals surface area contributed by atoms with Crippen LogP contribution in [-0.4, -0.2) is 42.8 Å². The summed E-state index contributed by atoms with van der Waals surface area (Å²) in [7, 11) is 1.74. The highest BCUT2D eigenvalue weighted by Gasteiger charge is 2.34. The van der Waals surface area contributed by atoms with Gasteiger partial charge in [-0.15, -0.1) is 11.3 Å². The van der Waals surface area contributed by atoms with E-state index in [1.54, 1.807) is 18.0 Å². The Labute approximate surface area is 148 Å². The minimum absolute atomic E-state index is 0.00753. The number of likely N-dealkylation sites (tertiary alicyclic amines) is 1. The second-order valence-electron chi connectivity index (χ2n) is 5.74. The number of hydrogen-bond donors (Lipinski definition) is 1. The molecule has 1 aromatic heterocycles. The molecular weight excluding hydrogens is 381 g/mol. The molecule has 25 heavy (non-hydrogen) atoms. The van der Waals surface area contributed by atoms with E-state index >= 15 is 0 Å². The lowest BCUT2D eigenvalue weighted by atomic mass is 10.2. The Balaban J connectivity index is 2.07. The number of halogens is 5. The number of likely N-dealkylation sites (N-methyl/N-ethyl adjacent to an activating group) is 1. The van der Waals surface area contributed by atoms with Crippen LogP contribution in [0.4, 0.5) is 27.6 Å². The van der Waals surface area contributed by atoms with Gasteiger partial charge in [0.1, 0.15) is 22.9 Å². The molecule has 0 bridgehead atoms. The minimum Gasteiger partial charge on any atom is -0.377 e. The number of nitrogens with zero attached hydrogens (tertiary/aromatic N) is 2. The highest BCUT2D eigenvalue weighted by atomic mass is 32.2. The normalized spacial score (nSPS) is 21.6. The van der Waals surface area contributed by atoms with Crippen LogP contribution in [0.2, 0.25) is 0 Å². The third kappa shape index (κ3) is 3.83. The van der Waals surface area contributed by atoms with Crippen LogP contribution >= 0.6 is 23.1 Å².